The van der Waals surface area contributed by atoms with Gasteiger partial charge in [-0.15, -0.1) is 10.2 Å². The number of nitrogens with zero attached hydrogens (tertiary/aromatic N) is 2. The lowest BCUT2D eigenvalue weighted by molar-refractivity contribution is -0.119. The van der Waals surface area contributed by atoms with E-state index in [1.165, 1.54) is 34.9 Å². The van der Waals surface area contributed by atoms with E-state index in [2.05, 4.69) is 34.7 Å². The molecule has 130 valence electrons. The van der Waals surface area contributed by atoms with Crippen molar-refractivity contribution in [3.63, 3.8) is 0 Å². The van der Waals surface area contributed by atoms with Gasteiger partial charge >= 0.3 is 0 Å². The summed E-state index contributed by atoms with van der Waals surface area (Å²) in [5.41, 5.74) is 0. The molecule has 23 heavy (non-hydrogen) atoms. The predicted octanol–water partition coefficient (Wildman–Crippen LogP) is 2.41. The highest BCUT2D eigenvalue weighted by Crippen LogP contribution is 2.28. The number of amides is 2. The first-order valence-corrected chi connectivity index (χ1v) is 10.4. The van der Waals surface area contributed by atoms with E-state index in [1.54, 1.807) is 0 Å². The Kier molecular flexibility index (Phi) is 9.57. The normalized spacial score (nSPS) is 12.2. The van der Waals surface area contributed by atoms with Gasteiger partial charge in [0.25, 0.3) is 0 Å². The van der Waals surface area contributed by atoms with Crippen LogP contribution >= 0.6 is 34.9 Å². The number of rotatable bonds is 10. The molecule has 0 unspecified atom stereocenters. The zero-order valence-electron chi connectivity index (χ0n) is 13.9. The Morgan fingerprint density at radius 3 is 2.17 bits per heavy atom. The van der Waals surface area contributed by atoms with Crippen LogP contribution in [0.2, 0.25) is 0 Å². The third-order valence-electron chi connectivity index (χ3n) is 3.00. The molecule has 0 aliphatic carbocycles. The van der Waals surface area contributed by atoms with Gasteiger partial charge in [0.1, 0.15) is 0 Å². The fourth-order valence-electron chi connectivity index (χ4n) is 1.35. The fraction of sp³-hybridized carbons (Fsp3) is 0.714. The van der Waals surface area contributed by atoms with Crippen molar-refractivity contribution in [3.8, 4) is 0 Å². The average Bonchev–Trinajstić information content (AvgIpc) is 2.96. The van der Waals surface area contributed by atoms with Crippen molar-refractivity contribution in [2.75, 3.05) is 18.1 Å². The molecule has 0 bridgehead atoms. The molecule has 2 amide bonds. The highest BCUT2D eigenvalue weighted by Gasteiger charge is 2.13. The van der Waals surface area contributed by atoms with Crippen LogP contribution in [0.15, 0.2) is 8.68 Å². The van der Waals surface area contributed by atoms with Crippen molar-refractivity contribution < 1.29 is 9.59 Å². The number of hydrogen-bond acceptors (Lipinski definition) is 7. The molecular formula is C14H24N4O2S3. The van der Waals surface area contributed by atoms with Crippen LogP contribution in [-0.2, 0) is 9.59 Å². The van der Waals surface area contributed by atoms with E-state index in [9.17, 15) is 9.59 Å². The average molecular weight is 377 g/mol. The van der Waals surface area contributed by atoms with Crippen LogP contribution in [0, 0.1) is 5.92 Å². The minimum atomic E-state index is -0.000420. The van der Waals surface area contributed by atoms with Gasteiger partial charge in [0.05, 0.1) is 11.5 Å². The maximum Gasteiger partial charge on any atom is 0.230 e. The molecule has 0 aliphatic rings. The molecule has 0 spiro atoms. The van der Waals surface area contributed by atoms with E-state index in [1.807, 2.05) is 13.8 Å². The molecule has 1 aromatic rings. The maximum atomic E-state index is 11.8. The number of aromatic nitrogens is 2. The summed E-state index contributed by atoms with van der Waals surface area (Å²) in [7, 11) is 0. The van der Waals surface area contributed by atoms with Gasteiger partial charge in [-0.25, -0.2) is 0 Å². The molecule has 0 radical (unpaired) electrons. The summed E-state index contributed by atoms with van der Waals surface area (Å²) in [4.78, 5) is 23.3. The third-order valence-corrected chi connectivity index (χ3v) is 6.19. The van der Waals surface area contributed by atoms with Crippen LogP contribution in [0.1, 0.15) is 34.1 Å². The highest BCUT2D eigenvalue weighted by atomic mass is 32.2. The summed E-state index contributed by atoms with van der Waals surface area (Å²) in [5.74, 6) is 1.08. The quantitative estimate of drug-likeness (QED) is 0.610. The monoisotopic (exact) mass is 376 g/mol. The van der Waals surface area contributed by atoms with Crippen molar-refractivity contribution in [1.82, 2.24) is 20.8 Å². The Hall–Kier alpha value is -0.800. The SMILES string of the molecule is CCCNC(=O)CSc1nnc(SCC(=O)N[C@H](C)C(C)C)s1. The van der Waals surface area contributed by atoms with Crippen molar-refractivity contribution in [1.29, 1.82) is 0 Å². The predicted molar refractivity (Wildman–Crippen MR) is 97.1 cm³/mol. The smallest absolute Gasteiger partial charge is 0.230 e. The van der Waals surface area contributed by atoms with Crippen molar-refractivity contribution in [2.24, 2.45) is 5.92 Å². The van der Waals surface area contributed by atoms with Crippen molar-refractivity contribution in [2.45, 2.75) is 48.8 Å². The first-order chi connectivity index (χ1) is 10.9. The van der Waals surface area contributed by atoms with E-state index in [4.69, 9.17) is 0 Å². The Morgan fingerprint density at radius 2 is 1.65 bits per heavy atom. The van der Waals surface area contributed by atoms with Crippen LogP contribution in [-0.4, -0.2) is 46.1 Å². The number of thioether (sulfide) groups is 2. The molecule has 1 atom stereocenters. The molecule has 1 heterocycles. The Morgan fingerprint density at radius 1 is 1.09 bits per heavy atom. The van der Waals surface area contributed by atoms with Gasteiger partial charge in [-0.1, -0.05) is 55.6 Å². The van der Waals surface area contributed by atoms with Crippen molar-refractivity contribution in [3.05, 3.63) is 0 Å². The summed E-state index contributed by atoms with van der Waals surface area (Å²) in [6.45, 7) is 8.85. The topological polar surface area (TPSA) is 84.0 Å². The van der Waals surface area contributed by atoms with E-state index in [0.29, 0.717) is 24.0 Å². The largest absolute Gasteiger partial charge is 0.355 e. The molecule has 9 heteroatoms. The van der Waals surface area contributed by atoms with Gasteiger partial charge < -0.3 is 10.6 Å². The summed E-state index contributed by atoms with van der Waals surface area (Å²) in [6, 6.07) is 0.158. The van der Waals surface area contributed by atoms with E-state index in [0.717, 1.165) is 15.1 Å². The van der Waals surface area contributed by atoms with E-state index < -0.39 is 0 Å². The molecule has 0 aromatic carbocycles. The molecule has 0 saturated heterocycles. The number of nitrogens with one attached hydrogen (secondary N) is 2. The maximum absolute atomic E-state index is 11.8. The lowest BCUT2D eigenvalue weighted by Crippen LogP contribution is -2.37. The minimum Gasteiger partial charge on any atom is -0.355 e. The number of hydrogen-bond donors (Lipinski definition) is 2. The van der Waals surface area contributed by atoms with Gasteiger partial charge in [0.2, 0.25) is 11.8 Å². The zero-order valence-corrected chi connectivity index (χ0v) is 16.4. The molecule has 0 aliphatic heterocycles. The molecule has 0 fully saturated rings. The Balaban J connectivity index is 2.31. The first-order valence-electron chi connectivity index (χ1n) is 7.57. The molecule has 1 rings (SSSR count). The summed E-state index contributed by atoms with van der Waals surface area (Å²) >= 11 is 4.15. The zero-order chi connectivity index (χ0) is 17.2. The minimum absolute atomic E-state index is 0.000420. The second kappa shape index (κ2) is 10.9. The van der Waals surface area contributed by atoms with Crippen LogP contribution in [0.4, 0.5) is 0 Å². The van der Waals surface area contributed by atoms with E-state index in [-0.39, 0.29) is 17.9 Å². The van der Waals surface area contributed by atoms with Gasteiger partial charge in [-0.2, -0.15) is 0 Å². The first kappa shape index (κ1) is 20.2. The lowest BCUT2D eigenvalue weighted by atomic mass is 10.1. The second-order valence-corrected chi connectivity index (χ2v) is 8.78. The summed E-state index contributed by atoms with van der Waals surface area (Å²) in [6.07, 6.45) is 0.924. The van der Waals surface area contributed by atoms with Crippen LogP contribution in [0.3, 0.4) is 0 Å². The third kappa shape index (κ3) is 8.57. The Bertz CT molecular complexity index is 508. The highest BCUT2D eigenvalue weighted by molar-refractivity contribution is 8.03. The standard InChI is InChI=1S/C14H24N4O2S3/c1-5-6-15-11(19)7-21-13-17-18-14(23-13)22-8-12(20)16-10(4)9(2)3/h9-10H,5-8H2,1-4H3,(H,15,19)(H,16,20)/t10-/m1/s1. The molecular weight excluding hydrogens is 352 g/mol. The van der Waals surface area contributed by atoms with E-state index >= 15 is 0 Å². The molecule has 2 N–H and O–H groups in total. The summed E-state index contributed by atoms with van der Waals surface area (Å²) < 4.78 is 1.49. The lowest BCUT2D eigenvalue weighted by Gasteiger charge is -2.16. The van der Waals surface area contributed by atoms with Gasteiger partial charge in [0.15, 0.2) is 8.68 Å². The van der Waals surface area contributed by atoms with Gasteiger partial charge in [-0.3, -0.25) is 9.59 Å². The van der Waals surface area contributed by atoms with Crippen molar-refractivity contribution >= 4 is 46.7 Å². The molecule has 1 aromatic heterocycles. The second-order valence-electron chi connectivity index (χ2n) is 5.36. The summed E-state index contributed by atoms with van der Waals surface area (Å²) in [5, 5.41) is 13.8. The number of carbonyl (C=O) groups excluding carboxylic acids is 2. The van der Waals surface area contributed by atoms with Crippen LogP contribution in [0.25, 0.3) is 0 Å². The molecule has 0 saturated carbocycles. The number of carbonyl (C=O) groups is 2. The molecule has 6 nitrogen and oxygen atoms in total. The van der Waals surface area contributed by atoms with Gasteiger partial charge in [-0.05, 0) is 19.3 Å². The Labute approximate surface area is 150 Å². The fourth-order valence-corrected chi connectivity index (χ4v) is 4.01. The van der Waals surface area contributed by atoms with Gasteiger partial charge in [0, 0.05) is 12.6 Å². The van der Waals surface area contributed by atoms with Crippen LogP contribution in [0.5, 0.6) is 0 Å². The van der Waals surface area contributed by atoms with Crippen LogP contribution < -0.4 is 10.6 Å².